The van der Waals surface area contributed by atoms with E-state index in [0.29, 0.717) is 31.1 Å². The fourth-order valence-corrected chi connectivity index (χ4v) is 5.31. The smallest absolute Gasteiger partial charge is 0.250 e. The Balaban J connectivity index is 0.00000267. The molecule has 11 heteroatoms. The summed E-state index contributed by atoms with van der Waals surface area (Å²) in [5.41, 5.74) is 1.93. The standard InChI is InChI=1S/C28H32N4O4S.2ClH/c1-30(37(34,35)26-7-4-3-5-8-26)18-19-32(22-23-13-15-29-16-14-23)17-6-20-36-25-10-11-27-24(21-25)9-12-28(33)31(27)2;;/h3-5,7-16,21H,6,17-20,22H2,1-2H3;2*1H. The van der Waals surface area contributed by atoms with Crippen LogP contribution in [-0.4, -0.2) is 60.5 Å². The van der Waals surface area contributed by atoms with Crippen molar-refractivity contribution in [3.8, 4) is 5.75 Å². The van der Waals surface area contributed by atoms with Gasteiger partial charge in [0.25, 0.3) is 5.56 Å². The molecule has 4 rings (SSSR count). The highest BCUT2D eigenvalue weighted by Crippen LogP contribution is 2.20. The maximum Gasteiger partial charge on any atom is 0.250 e. The van der Waals surface area contributed by atoms with Gasteiger partial charge in [-0.3, -0.25) is 14.7 Å². The Bertz CT molecular complexity index is 1490. The quantitative estimate of drug-likeness (QED) is 0.227. The van der Waals surface area contributed by atoms with Gasteiger partial charge in [-0.2, -0.15) is 4.31 Å². The van der Waals surface area contributed by atoms with Crippen LogP contribution in [0.4, 0.5) is 0 Å². The lowest BCUT2D eigenvalue weighted by molar-refractivity contribution is 0.219. The summed E-state index contributed by atoms with van der Waals surface area (Å²) in [5.74, 6) is 0.750. The molecule has 39 heavy (non-hydrogen) atoms. The van der Waals surface area contributed by atoms with E-state index >= 15 is 0 Å². The second-order valence-corrected chi connectivity index (χ2v) is 11.0. The maximum absolute atomic E-state index is 12.9. The first kappa shape index (κ1) is 32.3. The first-order chi connectivity index (χ1) is 17.8. The molecule has 0 saturated carbocycles. The number of rotatable bonds is 12. The zero-order chi connectivity index (χ0) is 26.3. The Kier molecular flexibility index (Phi) is 12.4. The minimum atomic E-state index is -3.54. The van der Waals surface area contributed by atoms with Gasteiger partial charge < -0.3 is 9.30 Å². The molecule has 2 aromatic carbocycles. The molecule has 2 aromatic heterocycles. The van der Waals surface area contributed by atoms with E-state index in [1.165, 1.54) is 4.31 Å². The number of likely N-dealkylation sites (N-methyl/N-ethyl adjacent to an activating group) is 1. The van der Waals surface area contributed by atoms with Crippen LogP contribution < -0.4 is 10.3 Å². The summed E-state index contributed by atoms with van der Waals surface area (Å²) in [6, 6.07) is 21.5. The van der Waals surface area contributed by atoms with Crippen molar-refractivity contribution >= 4 is 45.7 Å². The van der Waals surface area contributed by atoms with Crippen molar-refractivity contribution in [3.63, 3.8) is 0 Å². The number of aryl methyl sites for hydroxylation is 1. The lowest BCUT2D eigenvalue weighted by atomic mass is 10.2. The number of benzene rings is 2. The van der Waals surface area contributed by atoms with Crippen LogP contribution in [0.25, 0.3) is 10.9 Å². The Morgan fingerprint density at radius 2 is 1.62 bits per heavy atom. The van der Waals surface area contributed by atoms with Gasteiger partial charge in [-0.15, -0.1) is 24.8 Å². The van der Waals surface area contributed by atoms with Gasteiger partial charge in [-0.05, 0) is 60.5 Å². The zero-order valence-electron chi connectivity index (χ0n) is 22.0. The fourth-order valence-electron chi connectivity index (χ4n) is 4.12. The van der Waals surface area contributed by atoms with Gasteiger partial charge in [0.2, 0.25) is 10.0 Å². The van der Waals surface area contributed by atoms with Crippen molar-refractivity contribution in [2.24, 2.45) is 7.05 Å². The molecule has 0 amide bonds. The predicted octanol–water partition coefficient (Wildman–Crippen LogP) is 4.37. The molecule has 0 spiro atoms. The Morgan fingerprint density at radius 3 is 2.33 bits per heavy atom. The number of sulfonamides is 1. The molecule has 0 N–H and O–H groups in total. The highest BCUT2D eigenvalue weighted by atomic mass is 35.5. The summed E-state index contributed by atoms with van der Waals surface area (Å²) < 4.78 is 34.8. The summed E-state index contributed by atoms with van der Waals surface area (Å²) in [4.78, 5) is 18.4. The largest absolute Gasteiger partial charge is 0.494 e. The van der Waals surface area contributed by atoms with Crippen molar-refractivity contribution < 1.29 is 13.2 Å². The summed E-state index contributed by atoms with van der Waals surface area (Å²) in [6.07, 6.45) is 4.29. The molecule has 2 heterocycles. The van der Waals surface area contributed by atoms with Crippen LogP contribution in [0, 0.1) is 0 Å². The fraction of sp³-hybridized carbons (Fsp3) is 0.286. The number of hydrogen-bond acceptors (Lipinski definition) is 6. The van der Waals surface area contributed by atoms with Crippen molar-refractivity contribution in [1.29, 1.82) is 0 Å². The number of ether oxygens (including phenoxy) is 1. The topological polar surface area (TPSA) is 84.7 Å². The van der Waals surface area contributed by atoms with E-state index in [2.05, 4.69) is 9.88 Å². The Labute approximate surface area is 242 Å². The third kappa shape index (κ3) is 8.52. The van der Waals surface area contributed by atoms with Crippen LogP contribution in [0.3, 0.4) is 0 Å². The van der Waals surface area contributed by atoms with Gasteiger partial charge in [0.15, 0.2) is 0 Å². The first-order valence-corrected chi connectivity index (χ1v) is 13.6. The monoisotopic (exact) mass is 592 g/mol. The molecule has 0 radical (unpaired) electrons. The molecule has 0 aliphatic carbocycles. The summed E-state index contributed by atoms with van der Waals surface area (Å²) in [6.45, 7) is 2.89. The average Bonchev–Trinajstić information content (AvgIpc) is 2.92. The third-order valence-corrected chi connectivity index (χ3v) is 8.19. The van der Waals surface area contributed by atoms with Gasteiger partial charge >= 0.3 is 0 Å². The van der Waals surface area contributed by atoms with E-state index in [1.54, 1.807) is 73.5 Å². The number of pyridine rings is 2. The van der Waals surface area contributed by atoms with E-state index in [9.17, 15) is 13.2 Å². The second-order valence-electron chi connectivity index (χ2n) is 8.92. The molecule has 8 nitrogen and oxygen atoms in total. The van der Waals surface area contributed by atoms with E-state index in [0.717, 1.165) is 35.2 Å². The summed E-state index contributed by atoms with van der Waals surface area (Å²) >= 11 is 0. The van der Waals surface area contributed by atoms with Gasteiger partial charge in [0.1, 0.15) is 5.75 Å². The SMILES string of the molecule is CN(CCN(CCCOc1ccc2c(ccc(=O)n2C)c1)Cc1ccncc1)S(=O)(=O)c1ccccc1.Cl.Cl. The summed E-state index contributed by atoms with van der Waals surface area (Å²) in [5, 5.41) is 0.946. The molecule has 210 valence electrons. The van der Waals surface area contributed by atoms with Crippen molar-refractivity contribution in [1.82, 2.24) is 18.8 Å². The predicted molar refractivity (Wildman–Crippen MR) is 160 cm³/mol. The molecule has 0 atom stereocenters. The Morgan fingerprint density at radius 1 is 0.897 bits per heavy atom. The highest BCUT2D eigenvalue weighted by Gasteiger charge is 2.21. The van der Waals surface area contributed by atoms with Crippen molar-refractivity contribution in [2.75, 3.05) is 33.3 Å². The highest BCUT2D eigenvalue weighted by molar-refractivity contribution is 7.89. The molecule has 0 bridgehead atoms. The van der Waals surface area contributed by atoms with Crippen LogP contribution >= 0.6 is 24.8 Å². The number of halogens is 2. The molecule has 0 aliphatic rings. The van der Waals surface area contributed by atoms with Crippen molar-refractivity contribution in [2.45, 2.75) is 17.9 Å². The van der Waals surface area contributed by atoms with E-state index in [4.69, 9.17) is 4.74 Å². The van der Waals surface area contributed by atoms with E-state index in [1.807, 2.05) is 30.3 Å². The van der Waals surface area contributed by atoms with Crippen molar-refractivity contribution in [3.05, 3.63) is 101 Å². The molecular formula is C28H34Cl2N4O4S. The van der Waals surface area contributed by atoms with Crippen LogP contribution in [0.15, 0.2) is 94.9 Å². The normalized spacial score (nSPS) is 11.3. The maximum atomic E-state index is 12.9. The van der Waals surface area contributed by atoms with Crippen LogP contribution in [0.2, 0.25) is 0 Å². The van der Waals surface area contributed by atoms with E-state index in [-0.39, 0.29) is 30.4 Å². The molecule has 0 fully saturated rings. The van der Waals surface area contributed by atoms with Gasteiger partial charge in [-0.25, -0.2) is 8.42 Å². The lowest BCUT2D eigenvalue weighted by Gasteiger charge is -2.25. The molecule has 0 saturated heterocycles. The van der Waals surface area contributed by atoms with Gasteiger partial charge in [0, 0.05) is 64.1 Å². The third-order valence-electron chi connectivity index (χ3n) is 6.32. The van der Waals surface area contributed by atoms with Crippen LogP contribution in [0.5, 0.6) is 5.75 Å². The molecule has 0 unspecified atom stereocenters. The first-order valence-electron chi connectivity index (χ1n) is 12.2. The minimum absolute atomic E-state index is 0. The minimum Gasteiger partial charge on any atom is -0.494 e. The lowest BCUT2D eigenvalue weighted by Crippen LogP contribution is -2.37. The van der Waals surface area contributed by atoms with Crippen LogP contribution in [-0.2, 0) is 23.6 Å². The average molecular weight is 594 g/mol. The van der Waals surface area contributed by atoms with Gasteiger partial charge in [-0.1, -0.05) is 18.2 Å². The molecular weight excluding hydrogens is 559 g/mol. The number of hydrogen-bond donors (Lipinski definition) is 0. The molecule has 4 aromatic rings. The number of aromatic nitrogens is 2. The number of nitrogens with zero attached hydrogens (tertiary/aromatic N) is 4. The van der Waals surface area contributed by atoms with E-state index < -0.39 is 10.0 Å². The molecule has 0 aliphatic heterocycles. The summed E-state index contributed by atoms with van der Waals surface area (Å²) in [7, 11) is -0.170. The Hall–Kier alpha value is -2.95. The van der Waals surface area contributed by atoms with Gasteiger partial charge in [0.05, 0.1) is 17.0 Å². The second kappa shape index (κ2) is 15.0. The van der Waals surface area contributed by atoms with Crippen LogP contribution in [0.1, 0.15) is 12.0 Å². The zero-order valence-corrected chi connectivity index (χ0v) is 24.4. The number of fused-ring (bicyclic) bond motifs is 1.